The fourth-order valence-corrected chi connectivity index (χ4v) is 1.24. The summed E-state index contributed by atoms with van der Waals surface area (Å²) in [7, 11) is 1.28. The van der Waals surface area contributed by atoms with Gasteiger partial charge in [0.25, 0.3) is 0 Å². The second-order valence-corrected chi connectivity index (χ2v) is 3.08. The number of hydrogen-bond acceptors (Lipinski definition) is 3. The van der Waals surface area contributed by atoms with Gasteiger partial charge in [0.15, 0.2) is 6.04 Å². The summed E-state index contributed by atoms with van der Waals surface area (Å²) in [4.78, 5) is 22.7. The molecule has 1 aromatic carbocycles. The van der Waals surface area contributed by atoms with E-state index in [2.05, 4.69) is 16.6 Å². The molecule has 0 aliphatic heterocycles. The van der Waals surface area contributed by atoms with Crippen molar-refractivity contribution in [1.82, 2.24) is 5.32 Å². The maximum absolute atomic E-state index is 11.5. The van der Waals surface area contributed by atoms with Gasteiger partial charge in [-0.3, -0.25) is 4.79 Å². The molecular weight excluding hydrogens is 206 g/mol. The van der Waals surface area contributed by atoms with Crippen LogP contribution in [0.4, 0.5) is 0 Å². The molecule has 1 atom stereocenters. The first-order valence-electron chi connectivity index (χ1n) is 4.74. The van der Waals surface area contributed by atoms with E-state index in [1.165, 1.54) is 7.11 Å². The van der Waals surface area contributed by atoms with Crippen molar-refractivity contribution in [2.75, 3.05) is 7.11 Å². The van der Waals surface area contributed by atoms with Crippen molar-refractivity contribution in [3.05, 3.63) is 48.6 Å². The van der Waals surface area contributed by atoms with Gasteiger partial charge in [0.2, 0.25) is 5.91 Å². The Labute approximate surface area is 93.9 Å². The van der Waals surface area contributed by atoms with Gasteiger partial charge < -0.3 is 10.1 Å². The molecular formula is C12H13NO3. The zero-order chi connectivity index (χ0) is 12.0. The smallest absolute Gasteiger partial charge is 0.333 e. The highest BCUT2D eigenvalue weighted by Gasteiger charge is 2.21. The van der Waals surface area contributed by atoms with E-state index in [1.54, 1.807) is 24.3 Å². The highest BCUT2D eigenvalue weighted by atomic mass is 16.5. The standard InChI is InChI=1S/C12H13NO3/c1-3-10(14)13-11(12(15)16-2)9-7-5-4-6-8-9/h3-8,11H,1H2,2H3,(H,13,14). The lowest BCUT2D eigenvalue weighted by atomic mass is 10.1. The van der Waals surface area contributed by atoms with Crippen LogP contribution in [0.5, 0.6) is 0 Å². The maximum atomic E-state index is 11.5. The van der Waals surface area contributed by atoms with Crippen molar-refractivity contribution in [3.8, 4) is 0 Å². The van der Waals surface area contributed by atoms with Gasteiger partial charge in [-0.2, -0.15) is 0 Å². The predicted octanol–water partition coefficient (Wildman–Crippen LogP) is 1.20. The molecule has 0 fully saturated rings. The first-order valence-corrected chi connectivity index (χ1v) is 4.74. The van der Waals surface area contributed by atoms with Gasteiger partial charge in [0.05, 0.1) is 7.11 Å². The predicted molar refractivity (Wildman–Crippen MR) is 59.5 cm³/mol. The van der Waals surface area contributed by atoms with Gasteiger partial charge >= 0.3 is 5.97 Å². The summed E-state index contributed by atoms with van der Waals surface area (Å²) < 4.78 is 4.62. The number of rotatable bonds is 4. The lowest BCUT2D eigenvalue weighted by Gasteiger charge is -2.15. The minimum Gasteiger partial charge on any atom is -0.467 e. The lowest BCUT2D eigenvalue weighted by Crippen LogP contribution is -2.33. The summed E-state index contributed by atoms with van der Waals surface area (Å²) >= 11 is 0. The lowest BCUT2D eigenvalue weighted by molar-refractivity contribution is -0.144. The molecule has 0 saturated heterocycles. The van der Waals surface area contributed by atoms with Crippen LogP contribution in [-0.2, 0) is 14.3 Å². The molecule has 1 aromatic rings. The van der Waals surface area contributed by atoms with Crippen LogP contribution >= 0.6 is 0 Å². The molecule has 1 amide bonds. The van der Waals surface area contributed by atoms with Gasteiger partial charge in [-0.25, -0.2) is 4.79 Å². The van der Waals surface area contributed by atoms with Crippen molar-refractivity contribution in [2.24, 2.45) is 0 Å². The second kappa shape index (κ2) is 5.70. The largest absolute Gasteiger partial charge is 0.467 e. The summed E-state index contributed by atoms with van der Waals surface area (Å²) in [6.07, 6.45) is 1.11. The Balaban J connectivity index is 2.92. The van der Waals surface area contributed by atoms with Crippen molar-refractivity contribution < 1.29 is 14.3 Å². The average Bonchev–Trinajstić information content (AvgIpc) is 2.35. The molecule has 16 heavy (non-hydrogen) atoms. The van der Waals surface area contributed by atoms with Crippen LogP contribution in [0.25, 0.3) is 0 Å². The van der Waals surface area contributed by atoms with E-state index in [0.717, 1.165) is 6.08 Å². The molecule has 0 radical (unpaired) electrons. The van der Waals surface area contributed by atoms with Crippen LogP contribution in [0, 0.1) is 0 Å². The zero-order valence-corrected chi connectivity index (χ0v) is 8.97. The fourth-order valence-electron chi connectivity index (χ4n) is 1.24. The first kappa shape index (κ1) is 12.0. The van der Waals surface area contributed by atoms with E-state index in [1.807, 2.05) is 6.07 Å². The van der Waals surface area contributed by atoms with Gasteiger partial charge in [0.1, 0.15) is 0 Å². The van der Waals surface area contributed by atoms with Crippen molar-refractivity contribution >= 4 is 11.9 Å². The third-order valence-corrected chi connectivity index (χ3v) is 2.04. The summed E-state index contributed by atoms with van der Waals surface area (Å²) in [6, 6.07) is 8.08. The number of methoxy groups -OCH3 is 1. The number of benzene rings is 1. The normalized spacial score (nSPS) is 11.3. The average molecular weight is 219 g/mol. The Morgan fingerprint density at radius 3 is 2.50 bits per heavy atom. The van der Waals surface area contributed by atoms with Gasteiger partial charge in [0, 0.05) is 0 Å². The van der Waals surface area contributed by atoms with Crippen LogP contribution in [0.2, 0.25) is 0 Å². The second-order valence-electron chi connectivity index (χ2n) is 3.08. The Hall–Kier alpha value is -2.10. The van der Waals surface area contributed by atoms with Gasteiger partial charge in [-0.1, -0.05) is 36.9 Å². The first-order chi connectivity index (χ1) is 7.69. The van der Waals surface area contributed by atoms with E-state index < -0.39 is 17.9 Å². The van der Waals surface area contributed by atoms with E-state index >= 15 is 0 Å². The van der Waals surface area contributed by atoms with Gasteiger partial charge in [-0.15, -0.1) is 0 Å². The molecule has 1 unspecified atom stereocenters. The molecule has 1 rings (SSSR count). The molecule has 0 saturated carbocycles. The Morgan fingerprint density at radius 1 is 1.38 bits per heavy atom. The van der Waals surface area contributed by atoms with Crippen LogP contribution in [0.15, 0.2) is 43.0 Å². The Morgan fingerprint density at radius 2 is 2.00 bits per heavy atom. The number of hydrogen-bond donors (Lipinski definition) is 1. The topological polar surface area (TPSA) is 55.4 Å². The Bertz CT molecular complexity index is 387. The monoisotopic (exact) mass is 219 g/mol. The highest BCUT2D eigenvalue weighted by Crippen LogP contribution is 2.13. The number of amides is 1. The molecule has 1 N–H and O–H groups in total. The van der Waals surface area contributed by atoms with Gasteiger partial charge in [-0.05, 0) is 11.6 Å². The Kier molecular flexibility index (Phi) is 4.27. The minimum absolute atomic E-state index is 0.417. The van der Waals surface area contributed by atoms with Crippen LogP contribution < -0.4 is 5.32 Å². The third-order valence-electron chi connectivity index (χ3n) is 2.04. The zero-order valence-electron chi connectivity index (χ0n) is 8.97. The summed E-state index contributed by atoms with van der Waals surface area (Å²) in [5.41, 5.74) is 0.671. The number of ether oxygens (including phenoxy) is 1. The quantitative estimate of drug-likeness (QED) is 0.611. The molecule has 0 aliphatic rings. The molecule has 4 heteroatoms. The molecule has 0 aliphatic carbocycles. The summed E-state index contributed by atoms with van der Waals surface area (Å²) in [5.74, 6) is -0.930. The van der Waals surface area contributed by atoms with E-state index in [4.69, 9.17) is 0 Å². The number of nitrogens with one attached hydrogen (secondary N) is 1. The fraction of sp³-hybridized carbons (Fsp3) is 0.167. The minimum atomic E-state index is -0.795. The molecule has 0 heterocycles. The van der Waals surface area contributed by atoms with Crippen LogP contribution in [-0.4, -0.2) is 19.0 Å². The summed E-state index contributed by atoms with van der Waals surface area (Å²) in [5, 5.41) is 2.50. The summed E-state index contributed by atoms with van der Waals surface area (Å²) in [6.45, 7) is 3.33. The van der Waals surface area contributed by atoms with Crippen LogP contribution in [0.3, 0.4) is 0 Å². The van der Waals surface area contributed by atoms with Crippen molar-refractivity contribution in [2.45, 2.75) is 6.04 Å². The molecule has 0 bridgehead atoms. The third kappa shape index (κ3) is 2.95. The molecule has 0 spiro atoms. The SMILES string of the molecule is C=CC(=O)NC(C(=O)OC)c1ccccc1. The number of carbonyl (C=O) groups is 2. The van der Waals surface area contributed by atoms with Crippen molar-refractivity contribution in [1.29, 1.82) is 0 Å². The van der Waals surface area contributed by atoms with Crippen molar-refractivity contribution in [3.63, 3.8) is 0 Å². The van der Waals surface area contributed by atoms with E-state index in [0.29, 0.717) is 5.56 Å². The molecule has 84 valence electrons. The van der Waals surface area contributed by atoms with Crippen LogP contribution in [0.1, 0.15) is 11.6 Å². The van der Waals surface area contributed by atoms with E-state index in [9.17, 15) is 9.59 Å². The maximum Gasteiger partial charge on any atom is 0.333 e. The number of esters is 1. The van der Waals surface area contributed by atoms with E-state index in [-0.39, 0.29) is 0 Å². The molecule has 4 nitrogen and oxygen atoms in total. The highest BCUT2D eigenvalue weighted by molar-refractivity contribution is 5.91. The number of carbonyl (C=O) groups excluding carboxylic acids is 2. The molecule has 0 aromatic heterocycles.